The fourth-order valence-electron chi connectivity index (χ4n) is 1.64. The van der Waals surface area contributed by atoms with Gasteiger partial charge in [-0.05, 0) is 11.6 Å². The van der Waals surface area contributed by atoms with Crippen molar-refractivity contribution in [1.29, 1.82) is 0 Å². The molecule has 1 amide bonds. The summed E-state index contributed by atoms with van der Waals surface area (Å²) in [6.07, 6.45) is 1.11. The smallest absolute Gasteiger partial charge is 0.228 e. The van der Waals surface area contributed by atoms with Gasteiger partial charge in [0.05, 0.1) is 6.20 Å². The Hall–Kier alpha value is -1.27. The van der Waals surface area contributed by atoms with Gasteiger partial charge in [-0.3, -0.25) is 9.69 Å². The average molecular weight is 246 g/mol. The summed E-state index contributed by atoms with van der Waals surface area (Å²) in [4.78, 5) is 19.9. The predicted molar refractivity (Wildman–Crippen MR) is 54.5 cm³/mol. The molecule has 5 nitrogen and oxygen atoms in total. The van der Waals surface area contributed by atoms with E-state index in [0.29, 0.717) is 0 Å². The highest BCUT2D eigenvalue weighted by atomic mass is 35.5. The molecule has 1 aromatic heterocycles. The molecular weight excluding hydrogens is 237 g/mol. The van der Waals surface area contributed by atoms with Crippen molar-refractivity contribution in [3.63, 3.8) is 0 Å². The van der Waals surface area contributed by atoms with Crippen molar-refractivity contribution in [2.24, 2.45) is 5.92 Å². The molecule has 1 aliphatic rings. The first-order chi connectivity index (χ1) is 7.61. The molecule has 0 aromatic carbocycles. The Morgan fingerprint density at radius 1 is 1.69 bits per heavy atom. The molecule has 0 bridgehead atoms. The second-order valence-corrected chi connectivity index (χ2v) is 3.91. The predicted octanol–water partition coefficient (Wildman–Crippen LogP) is 0.614. The molecule has 86 valence electrons. The average Bonchev–Trinajstić information content (AvgIpc) is 2.63. The first-order valence-corrected chi connectivity index (χ1v) is 5.09. The molecule has 1 aromatic rings. The van der Waals surface area contributed by atoms with Crippen LogP contribution in [0.1, 0.15) is 6.42 Å². The lowest BCUT2D eigenvalue weighted by atomic mass is 10.1. The van der Waals surface area contributed by atoms with Crippen LogP contribution in [0.3, 0.4) is 0 Å². The largest absolute Gasteiger partial charge is 0.396 e. The summed E-state index contributed by atoms with van der Waals surface area (Å²) < 4.78 is 13.4. The summed E-state index contributed by atoms with van der Waals surface area (Å²) in [7, 11) is 0. The monoisotopic (exact) mass is 245 g/mol. The van der Waals surface area contributed by atoms with Crippen LogP contribution in [0.15, 0.2) is 6.20 Å². The van der Waals surface area contributed by atoms with E-state index in [4.69, 9.17) is 16.7 Å². The van der Waals surface area contributed by atoms with E-state index in [-0.39, 0.29) is 42.5 Å². The number of amides is 1. The second kappa shape index (κ2) is 4.31. The van der Waals surface area contributed by atoms with Gasteiger partial charge < -0.3 is 5.11 Å². The Labute approximate surface area is 95.9 Å². The Morgan fingerprint density at radius 3 is 3.06 bits per heavy atom. The minimum absolute atomic E-state index is 0.108. The third-order valence-corrected chi connectivity index (χ3v) is 2.60. The molecule has 1 aliphatic heterocycles. The number of nitrogens with zero attached hydrogens (tertiary/aromatic N) is 3. The van der Waals surface area contributed by atoms with E-state index < -0.39 is 5.82 Å². The minimum atomic E-state index is -0.698. The fraction of sp³-hybridized carbons (Fsp3) is 0.444. The molecule has 7 heteroatoms. The topological polar surface area (TPSA) is 66.3 Å². The van der Waals surface area contributed by atoms with Gasteiger partial charge in [0.25, 0.3) is 0 Å². The normalized spacial score (nSPS) is 20.6. The quantitative estimate of drug-likeness (QED) is 0.776. The SMILES string of the molecule is O=C1CC(CO)CN1c1nc(Cl)ncc1F. The molecule has 1 N–H and O–H groups in total. The number of halogens is 2. The van der Waals surface area contributed by atoms with Gasteiger partial charge in [0.2, 0.25) is 11.2 Å². The van der Waals surface area contributed by atoms with Crippen molar-refractivity contribution >= 4 is 23.3 Å². The number of hydrogen-bond acceptors (Lipinski definition) is 4. The van der Waals surface area contributed by atoms with E-state index in [1.165, 1.54) is 4.90 Å². The number of aromatic nitrogens is 2. The molecule has 16 heavy (non-hydrogen) atoms. The van der Waals surface area contributed by atoms with Crippen LogP contribution in [0.5, 0.6) is 0 Å². The van der Waals surface area contributed by atoms with Gasteiger partial charge in [-0.15, -0.1) is 0 Å². The molecule has 0 aliphatic carbocycles. The van der Waals surface area contributed by atoms with Crippen LogP contribution in [-0.2, 0) is 4.79 Å². The lowest BCUT2D eigenvalue weighted by Crippen LogP contribution is -2.27. The van der Waals surface area contributed by atoms with E-state index >= 15 is 0 Å². The zero-order valence-electron chi connectivity index (χ0n) is 8.23. The van der Waals surface area contributed by atoms with Gasteiger partial charge in [0.15, 0.2) is 11.6 Å². The number of anilines is 1. The number of hydrogen-bond donors (Lipinski definition) is 1. The van der Waals surface area contributed by atoms with Gasteiger partial charge in [-0.1, -0.05) is 0 Å². The molecule has 2 rings (SSSR count). The summed E-state index contributed by atoms with van der Waals surface area (Å²) in [5.74, 6) is -1.27. The third kappa shape index (κ3) is 1.98. The van der Waals surface area contributed by atoms with Crippen molar-refractivity contribution in [1.82, 2.24) is 9.97 Å². The second-order valence-electron chi connectivity index (χ2n) is 3.57. The first-order valence-electron chi connectivity index (χ1n) is 4.71. The highest BCUT2D eigenvalue weighted by Crippen LogP contribution is 2.25. The summed E-state index contributed by atoms with van der Waals surface area (Å²) >= 11 is 5.54. The standard InChI is InChI=1S/C9H9ClFN3O2/c10-9-12-2-6(11)8(13-9)14-3-5(4-15)1-7(14)16/h2,5,15H,1,3-4H2. The fourth-order valence-corrected chi connectivity index (χ4v) is 1.76. The Bertz CT molecular complexity index is 429. The molecule has 1 saturated heterocycles. The van der Waals surface area contributed by atoms with Gasteiger partial charge in [-0.2, -0.15) is 4.98 Å². The zero-order chi connectivity index (χ0) is 11.7. The first kappa shape index (κ1) is 11.2. The summed E-state index contributed by atoms with van der Waals surface area (Å²) in [5, 5.41) is 8.83. The van der Waals surface area contributed by atoms with E-state index in [1.807, 2.05) is 0 Å². The highest BCUT2D eigenvalue weighted by molar-refractivity contribution is 6.28. The lowest BCUT2D eigenvalue weighted by Gasteiger charge is -2.15. The number of aliphatic hydroxyl groups excluding tert-OH is 1. The van der Waals surface area contributed by atoms with Crippen LogP contribution >= 0.6 is 11.6 Å². The summed E-state index contributed by atoms with van der Waals surface area (Å²) in [5.41, 5.74) is 0. The van der Waals surface area contributed by atoms with E-state index in [1.54, 1.807) is 0 Å². The third-order valence-electron chi connectivity index (χ3n) is 2.42. The van der Waals surface area contributed by atoms with Crippen LogP contribution < -0.4 is 4.90 Å². The maximum Gasteiger partial charge on any atom is 0.228 e. The molecule has 0 radical (unpaired) electrons. The van der Waals surface area contributed by atoms with Crippen molar-refractivity contribution in [2.75, 3.05) is 18.1 Å². The van der Waals surface area contributed by atoms with Gasteiger partial charge in [-0.25, -0.2) is 9.37 Å². The molecule has 0 spiro atoms. The van der Waals surface area contributed by atoms with Gasteiger partial charge in [0, 0.05) is 25.5 Å². The summed E-state index contributed by atoms with van der Waals surface area (Å²) in [6, 6.07) is 0. The Morgan fingerprint density at radius 2 is 2.44 bits per heavy atom. The Kier molecular flexibility index (Phi) is 3.02. The van der Waals surface area contributed by atoms with E-state index in [0.717, 1.165) is 6.20 Å². The van der Waals surface area contributed by atoms with E-state index in [2.05, 4.69) is 9.97 Å². The molecule has 0 saturated carbocycles. The van der Waals surface area contributed by atoms with Crippen LogP contribution in [0.2, 0.25) is 5.28 Å². The molecule has 1 fully saturated rings. The lowest BCUT2D eigenvalue weighted by molar-refractivity contribution is -0.117. The van der Waals surface area contributed by atoms with Crippen molar-refractivity contribution in [3.8, 4) is 0 Å². The maximum atomic E-state index is 13.4. The number of carbonyl (C=O) groups is 1. The number of carbonyl (C=O) groups excluding carboxylic acids is 1. The van der Waals surface area contributed by atoms with E-state index in [9.17, 15) is 9.18 Å². The maximum absolute atomic E-state index is 13.4. The van der Waals surface area contributed by atoms with Crippen molar-refractivity contribution in [2.45, 2.75) is 6.42 Å². The minimum Gasteiger partial charge on any atom is -0.396 e. The van der Waals surface area contributed by atoms with Crippen LogP contribution in [0.25, 0.3) is 0 Å². The zero-order valence-corrected chi connectivity index (χ0v) is 8.98. The Balaban J connectivity index is 2.30. The van der Waals surface area contributed by atoms with Crippen LogP contribution in [0, 0.1) is 11.7 Å². The van der Waals surface area contributed by atoms with Crippen LogP contribution in [0.4, 0.5) is 10.2 Å². The summed E-state index contributed by atoms with van der Waals surface area (Å²) in [6.45, 7) is 0.141. The number of aliphatic hydroxyl groups is 1. The highest BCUT2D eigenvalue weighted by Gasteiger charge is 2.32. The van der Waals surface area contributed by atoms with Crippen LogP contribution in [-0.4, -0.2) is 34.1 Å². The van der Waals surface area contributed by atoms with Crippen molar-refractivity contribution < 1.29 is 14.3 Å². The van der Waals surface area contributed by atoms with Gasteiger partial charge in [0.1, 0.15) is 0 Å². The molecule has 1 unspecified atom stereocenters. The molecule has 2 heterocycles. The number of rotatable bonds is 2. The molecule has 1 atom stereocenters. The van der Waals surface area contributed by atoms with Crippen molar-refractivity contribution in [3.05, 3.63) is 17.3 Å². The molecular formula is C9H9ClFN3O2. The van der Waals surface area contributed by atoms with Gasteiger partial charge >= 0.3 is 0 Å².